The lowest BCUT2D eigenvalue weighted by Crippen LogP contribution is -2.32. The maximum Gasteiger partial charge on any atom is 0.250 e. The third-order valence-corrected chi connectivity index (χ3v) is 6.10. The molecule has 2 unspecified atom stereocenters. The van der Waals surface area contributed by atoms with E-state index in [1.165, 1.54) is 6.07 Å². The largest absolute Gasteiger partial charge is 0.392 e. The molecule has 1 saturated carbocycles. The lowest BCUT2D eigenvalue weighted by molar-refractivity contribution is 0.282. The first kappa shape index (κ1) is 13.0. The molecule has 0 bridgehead atoms. The Morgan fingerprint density at radius 3 is 2.82 bits per heavy atom. The van der Waals surface area contributed by atoms with E-state index < -0.39 is 10.0 Å². The molecule has 17 heavy (non-hydrogen) atoms. The van der Waals surface area contributed by atoms with Crippen LogP contribution in [0.3, 0.4) is 0 Å². The van der Waals surface area contributed by atoms with Gasteiger partial charge in [-0.2, -0.15) is 0 Å². The topological polar surface area (TPSA) is 66.4 Å². The van der Waals surface area contributed by atoms with Gasteiger partial charge in [0.15, 0.2) is 0 Å². The minimum Gasteiger partial charge on any atom is -0.392 e. The number of aliphatic hydroxyl groups is 1. The molecular formula is C11H17NO3S2. The molecule has 0 aromatic carbocycles. The van der Waals surface area contributed by atoms with Crippen LogP contribution in [0.4, 0.5) is 0 Å². The summed E-state index contributed by atoms with van der Waals surface area (Å²) < 4.78 is 27.1. The van der Waals surface area contributed by atoms with Crippen molar-refractivity contribution >= 4 is 21.4 Å². The number of nitrogens with one attached hydrogen (secondary N) is 1. The molecule has 0 spiro atoms. The van der Waals surface area contributed by atoms with E-state index >= 15 is 0 Å². The second-order valence-electron chi connectivity index (χ2n) is 4.67. The van der Waals surface area contributed by atoms with Crippen LogP contribution >= 0.6 is 11.3 Å². The Morgan fingerprint density at radius 2 is 2.29 bits per heavy atom. The van der Waals surface area contributed by atoms with E-state index in [-0.39, 0.29) is 12.6 Å². The van der Waals surface area contributed by atoms with Crippen LogP contribution < -0.4 is 4.72 Å². The van der Waals surface area contributed by atoms with E-state index in [0.29, 0.717) is 15.7 Å². The van der Waals surface area contributed by atoms with Crippen LogP contribution in [0.1, 0.15) is 31.7 Å². The van der Waals surface area contributed by atoms with Gasteiger partial charge >= 0.3 is 0 Å². The fourth-order valence-electron chi connectivity index (χ4n) is 2.17. The van der Waals surface area contributed by atoms with E-state index in [2.05, 4.69) is 11.6 Å². The van der Waals surface area contributed by atoms with Crippen molar-refractivity contribution in [2.75, 3.05) is 0 Å². The normalized spacial score (nSPS) is 25.3. The quantitative estimate of drug-likeness (QED) is 0.879. The summed E-state index contributed by atoms with van der Waals surface area (Å²) in [5, 5.41) is 10.6. The maximum absolute atomic E-state index is 12.0. The summed E-state index contributed by atoms with van der Waals surface area (Å²) in [5.74, 6) is 0.596. The molecular weight excluding hydrogens is 258 g/mol. The summed E-state index contributed by atoms with van der Waals surface area (Å²) in [6.45, 7) is 2.02. The van der Waals surface area contributed by atoms with E-state index in [4.69, 9.17) is 5.11 Å². The standard InChI is InChI=1S/C11H17NO3S2/c1-8-2-3-10(4-8)12-17(14,15)11-5-9(6-13)7-16-11/h5,7-8,10,12-13H,2-4,6H2,1H3. The number of sulfonamides is 1. The Balaban J connectivity index is 2.08. The van der Waals surface area contributed by atoms with Crippen molar-refractivity contribution in [3.05, 3.63) is 17.0 Å². The van der Waals surface area contributed by atoms with Gasteiger partial charge in [-0.15, -0.1) is 11.3 Å². The van der Waals surface area contributed by atoms with Gasteiger partial charge in [0.25, 0.3) is 0 Å². The number of aliphatic hydroxyl groups excluding tert-OH is 1. The van der Waals surface area contributed by atoms with Crippen molar-refractivity contribution in [2.45, 2.75) is 43.0 Å². The Labute approximate surface area is 106 Å². The Hall–Kier alpha value is -0.430. The van der Waals surface area contributed by atoms with E-state index in [0.717, 1.165) is 30.6 Å². The van der Waals surface area contributed by atoms with Crippen molar-refractivity contribution in [1.82, 2.24) is 4.72 Å². The number of hydrogen-bond donors (Lipinski definition) is 2. The molecule has 1 aliphatic rings. The summed E-state index contributed by atoms with van der Waals surface area (Å²) >= 11 is 1.15. The molecule has 0 amide bonds. The minimum atomic E-state index is -3.40. The molecule has 2 atom stereocenters. The molecule has 2 N–H and O–H groups in total. The zero-order valence-corrected chi connectivity index (χ0v) is 11.4. The molecule has 1 aromatic heterocycles. The monoisotopic (exact) mass is 275 g/mol. The third-order valence-electron chi connectivity index (χ3n) is 3.09. The SMILES string of the molecule is CC1CCC(NS(=O)(=O)c2cc(CO)cs2)C1. The number of thiophene rings is 1. The highest BCUT2D eigenvalue weighted by molar-refractivity contribution is 7.91. The van der Waals surface area contributed by atoms with Gasteiger partial charge in [0, 0.05) is 6.04 Å². The third kappa shape index (κ3) is 3.07. The molecule has 1 aromatic rings. The Bertz CT molecular complexity index is 481. The number of rotatable bonds is 4. The molecule has 4 nitrogen and oxygen atoms in total. The molecule has 0 saturated heterocycles. The summed E-state index contributed by atoms with van der Waals surface area (Å²) in [6.07, 6.45) is 2.91. The van der Waals surface area contributed by atoms with Crippen molar-refractivity contribution in [3.8, 4) is 0 Å². The van der Waals surface area contributed by atoms with Gasteiger partial charge in [0.05, 0.1) is 6.61 Å². The van der Waals surface area contributed by atoms with Crippen LogP contribution in [0.25, 0.3) is 0 Å². The molecule has 1 fully saturated rings. The van der Waals surface area contributed by atoms with Gasteiger partial charge < -0.3 is 5.11 Å². The second-order valence-corrected chi connectivity index (χ2v) is 7.52. The van der Waals surface area contributed by atoms with Gasteiger partial charge in [-0.25, -0.2) is 13.1 Å². The van der Waals surface area contributed by atoms with Gasteiger partial charge in [-0.05, 0) is 42.2 Å². The lowest BCUT2D eigenvalue weighted by Gasteiger charge is -2.11. The first-order chi connectivity index (χ1) is 8.01. The van der Waals surface area contributed by atoms with Crippen molar-refractivity contribution < 1.29 is 13.5 Å². The predicted molar refractivity (Wildman–Crippen MR) is 67.4 cm³/mol. The van der Waals surface area contributed by atoms with E-state index in [9.17, 15) is 8.42 Å². The van der Waals surface area contributed by atoms with Crippen LogP contribution in [-0.2, 0) is 16.6 Å². The maximum atomic E-state index is 12.0. The smallest absolute Gasteiger partial charge is 0.250 e. The van der Waals surface area contributed by atoms with Gasteiger partial charge in [0.2, 0.25) is 10.0 Å². The van der Waals surface area contributed by atoms with Crippen molar-refractivity contribution in [2.24, 2.45) is 5.92 Å². The van der Waals surface area contributed by atoms with Gasteiger partial charge in [-0.1, -0.05) is 6.92 Å². The Kier molecular flexibility index (Phi) is 3.87. The van der Waals surface area contributed by atoms with E-state index in [1.807, 2.05) is 0 Å². The van der Waals surface area contributed by atoms with Crippen molar-refractivity contribution in [3.63, 3.8) is 0 Å². The first-order valence-corrected chi connectivity index (χ1v) is 8.08. The average Bonchev–Trinajstić information content (AvgIpc) is 2.86. The van der Waals surface area contributed by atoms with Crippen LogP contribution in [0.5, 0.6) is 0 Å². The van der Waals surface area contributed by atoms with Crippen LogP contribution in [0, 0.1) is 5.92 Å². The molecule has 1 aliphatic carbocycles. The average molecular weight is 275 g/mol. The molecule has 6 heteroatoms. The minimum absolute atomic E-state index is 0.0645. The summed E-state index contributed by atoms with van der Waals surface area (Å²) in [5.41, 5.74) is 0.648. The van der Waals surface area contributed by atoms with Crippen molar-refractivity contribution in [1.29, 1.82) is 0 Å². The summed E-state index contributed by atoms with van der Waals surface area (Å²) in [4.78, 5) is 0. The van der Waals surface area contributed by atoms with Crippen LogP contribution in [0.2, 0.25) is 0 Å². The molecule has 0 radical (unpaired) electrons. The van der Waals surface area contributed by atoms with Gasteiger partial charge in [0.1, 0.15) is 4.21 Å². The first-order valence-electron chi connectivity index (χ1n) is 5.72. The summed E-state index contributed by atoms with van der Waals surface area (Å²) in [6, 6.07) is 1.60. The second kappa shape index (κ2) is 5.06. The Morgan fingerprint density at radius 1 is 1.53 bits per heavy atom. The predicted octanol–water partition coefficient (Wildman–Crippen LogP) is 1.71. The summed E-state index contributed by atoms with van der Waals surface area (Å²) in [7, 11) is -3.40. The molecule has 0 aliphatic heterocycles. The van der Waals surface area contributed by atoms with Crippen LogP contribution in [-0.4, -0.2) is 19.6 Å². The molecule has 96 valence electrons. The highest BCUT2D eigenvalue weighted by Crippen LogP contribution is 2.27. The fraction of sp³-hybridized carbons (Fsp3) is 0.636. The zero-order chi connectivity index (χ0) is 12.5. The highest BCUT2D eigenvalue weighted by atomic mass is 32.2. The lowest BCUT2D eigenvalue weighted by atomic mass is 10.1. The number of hydrogen-bond acceptors (Lipinski definition) is 4. The van der Waals surface area contributed by atoms with E-state index in [1.54, 1.807) is 5.38 Å². The highest BCUT2D eigenvalue weighted by Gasteiger charge is 2.27. The zero-order valence-electron chi connectivity index (χ0n) is 9.72. The van der Waals surface area contributed by atoms with Gasteiger partial charge in [-0.3, -0.25) is 0 Å². The van der Waals surface area contributed by atoms with Crippen LogP contribution in [0.15, 0.2) is 15.7 Å². The molecule has 2 rings (SSSR count). The molecule has 1 heterocycles. The fourth-order valence-corrected chi connectivity index (χ4v) is 4.67.